The van der Waals surface area contributed by atoms with Crippen molar-refractivity contribution in [2.45, 2.75) is 25.0 Å². The van der Waals surface area contributed by atoms with Crippen LogP contribution in [0.4, 0.5) is 0 Å². The minimum Gasteiger partial charge on any atom is -0.229 e. The molecule has 0 spiro atoms. The van der Waals surface area contributed by atoms with E-state index < -0.39 is 9.84 Å². The van der Waals surface area contributed by atoms with E-state index in [4.69, 9.17) is 5.26 Å². The van der Waals surface area contributed by atoms with Gasteiger partial charge < -0.3 is 0 Å². The highest BCUT2D eigenvalue weighted by Gasteiger charge is 2.33. The third-order valence-corrected chi connectivity index (χ3v) is 4.31. The van der Waals surface area contributed by atoms with E-state index in [1.807, 2.05) is 6.07 Å². The summed E-state index contributed by atoms with van der Waals surface area (Å²) in [6, 6.07) is 1.90. The zero-order valence-electron chi connectivity index (χ0n) is 6.95. The Morgan fingerprint density at radius 2 is 2.25 bits per heavy atom. The van der Waals surface area contributed by atoms with Crippen LogP contribution in [-0.2, 0) is 9.84 Å². The maximum atomic E-state index is 11.2. The lowest BCUT2D eigenvalue weighted by Crippen LogP contribution is -2.31. The van der Waals surface area contributed by atoms with Gasteiger partial charge in [0.2, 0.25) is 0 Å². The number of nitrogens with zero attached hydrogens (tertiary/aromatic N) is 1. The molecule has 0 saturated heterocycles. The van der Waals surface area contributed by atoms with Crippen LogP contribution in [0, 0.1) is 11.3 Å². The number of hydrogen-bond donors (Lipinski definition) is 0. The van der Waals surface area contributed by atoms with Gasteiger partial charge in [-0.15, -0.1) is 0 Å². The van der Waals surface area contributed by atoms with Crippen LogP contribution in [0.3, 0.4) is 0 Å². The fourth-order valence-corrected chi connectivity index (χ4v) is 2.63. The molecule has 66 valence electrons. The summed E-state index contributed by atoms with van der Waals surface area (Å²) >= 11 is 0. The highest BCUT2D eigenvalue weighted by molar-refractivity contribution is 7.92. The van der Waals surface area contributed by atoms with E-state index in [9.17, 15) is 8.42 Å². The maximum Gasteiger partial charge on any atom is 0.153 e. The predicted molar refractivity (Wildman–Crippen MR) is 46.2 cm³/mol. The average molecular weight is 185 g/mol. The Morgan fingerprint density at radius 3 is 2.67 bits per heavy atom. The summed E-state index contributed by atoms with van der Waals surface area (Å²) in [5.41, 5.74) is 0.958. The molecule has 1 aliphatic carbocycles. The van der Waals surface area contributed by atoms with Gasteiger partial charge in [0.1, 0.15) is 0 Å². The predicted octanol–water partition coefficient (Wildman–Crippen LogP) is 1.03. The van der Waals surface area contributed by atoms with Gasteiger partial charge in [0.05, 0.1) is 11.3 Å². The first-order valence-corrected chi connectivity index (χ1v) is 5.60. The van der Waals surface area contributed by atoms with Crippen LogP contribution in [0.25, 0.3) is 0 Å². The number of rotatable bonds is 2. The number of sulfone groups is 1. The van der Waals surface area contributed by atoms with Gasteiger partial charge in [-0.25, -0.2) is 8.42 Å². The molecule has 0 unspecified atom stereocenters. The highest BCUT2D eigenvalue weighted by atomic mass is 32.2. The lowest BCUT2D eigenvalue weighted by Gasteiger charge is -2.27. The Bertz CT molecular complexity index is 327. The zero-order valence-corrected chi connectivity index (χ0v) is 7.76. The molecule has 1 rings (SSSR count). The van der Waals surface area contributed by atoms with Crippen LogP contribution >= 0.6 is 0 Å². The van der Waals surface area contributed by atoms with Crippen molar-refractivity contribution >= 4 is 9.84 Å². The molecule has 0 atom stereocenters. The van der Waals surface area contributed by atoms with Crippen molar-refractivity contribution in [3.05, 3.63) is 11.6 Å². The van der Waals surface area contributed by atoms with E-state index in [0.717, 1.165) is 5.57 Å². The Balaban J connectivity index is 2.57. The summed E-state index contributed by atoms with van der Waals surface area (Å²) in [6.45, 7) is 1.65. The third kappa shape index (κ3) is 1.67. The monoisotopic (exact) mass is 185 g/mol. The molecule has 1 saturated carbocycles. The molecule has 0 radical (unpaired) electrons. The van der Waals surface area contributed by atoms with Gasteiger partial charge in [-0.3, -0.25) is 0 Å². The van der Waals surface area contributed by atoms with E-state index in [0.29, 0.717) is 12.8 Å². The Kier molecular flexibility index (Phi) is 2.53. The molecule has 12 heavy (non-hydrogen) atoms. The summed E-state index contributed by atoms with van der Waals surface area (Å²) in [5, 5.41) is 8.05. The van der Waals surface area contributed by atoms with Crippen molar-refractivity contribution in [1.29, 1.82) is 5.26 Å². The Hall–Kier alpha value is -0.820. The van der Waals surface area contributed by atoms with Crippen molar-refractivity contribution in [1.82, 2.24) is 0 Å². The van der Waals surface area contributed by atoms with Crippen LogP contribution in [0.2, 0.25) is 0 Å². The van der Waals surface area contributed by atoms with Crippen molar-refractivity contribution in [2.24, 2.45) is 0 Å². The first-order valence-electron chi connectivity index (χ1n) is 3.89. The molecule has 0 aliphatic heterocycles. The van der Waals surface area contributed by atoms with E-state index in [1.54, 1.807) is 6.92 Å². The summed E-state index contributed by atoms with van der Waals surface area (Å²) < 4.78 is 22.4. The van der Waals surface area contributed by atoms with Crippen molar-refractivity contribution < 1.29 is 8.42 Å². The van der Waals surface area contributed by atoms with Gasteiger partial charge in [-0.1, -0.05) is 12.5 Å². The largest absolute Gasteiger partial charge is 0.229 e. The first-order chi connectivity index (χ1) is 5.60. The number of allylic oxidation sites excluding steroid dienone is 2. The second kappa shape index (κ2) is 3.28. The SMILES string of the molecule is CCS(=O)(=O)C1CC(=CC#N)C1. The van der Waals surface area contributed by atoms with Gasteiger partial charge in [-0.2, -0.15) is 5.26 Å². The molecule has 0 aromatic rings. The first kappa shape index (κ1) is 9.27. The third-order valence-electron chi connectivity index (χ3n) is 2.16. The average Bonchev–Trinajstić information content (AvgIpc) is 1.95. The molecule has 4 heteroatoms. The molecule has 0 amide bonds. The highest BCUT2D eigenvalue weighted by Crippen LogP contribution is 2.32. The molecule has 0 bridgehead atoms. The lowest BCUT2D eigenvalue weighted by molar-refractivity contribution is 0.552. The summed E-state index contributed by atoms with van der Waals surface area (Å²) in [7, 11) is -2.86. The van der Waals surface area contributed by atoms with Gasteiger partial charge in [-0.05, 0) is 12.8 Å². The smallest absolute Gasteiger partial charge is 0.153 e. The van der Waals surface area contributed by atoms with E-state index in [2.05, 4.69) is 0 Å². The molecule has 0 aromatic heterocycles. The van der Waals surface area contributed by atoms with Crippen LogP contribution in [0.15, 0.2) is 11.6 Å². The van der Waals surface area contributed by atoms with Crippen LogP contribution < -0.4 is 0 Å². The van der Waals surface area contributed by atoms with Crippen molar-refractivity contribution in [3.8, 4) is 6.07 Å². The second-order valence-electron chi connectivity index (χ2n) is 2.91. The lowest BCUT2D eigenvalue weighted by atomic mass is 9.92. The second-order valence-corrected chi connectivity index (χ2v) is 5.48. The molecule has 0 N–H and O–H groups in total. The summed E-state index contributed by atoms with van der Waals surface area (Å²) in [6.07, 6.45) is 2.56. The Morgan fingerprint density at radius 1 is 1.67 bits per heavy atom. The summed E-state index contributed by atoms with van der Waals surface area (Å²) in [4.78, 5) is 0. The van der Waals surface area contributed by atoms with E-state index in [-0.39, 0.29) is 11.0 Å². The molecule has 3 nitrogen and oxygen atoms in total. The normalized spacial score (nSPS) is 22.7. The molecule has 0 aromatic carbocycles. The fraction of sp³-hybridized carbons (Fsp3) is 0.625. The molecular weight excluding hydrogens is 174 g/mol. The van der Waals surface area contributed by atoms with Crippen LogP contribution in [0.1, 0.15) is 19.8 Å². The number of nitriles is 1. The fourth-order valence-electron chi connectivity index (χ4n) is 1.22. The molecule has 0 heterocycles. The number of hydrogen-bond acceptors (Lipinski definition) is 3. The van der Waals surface area contributed by atoms with E-state index in [1.165, 1.54) is 6.08 Å². The summed E-state index contributed by atoms with van der Waals surface area (Å²) in [5.74, 6) is 0.206. The topological polar surface area (TPSA) is 57.9 Å². The maximum absolute atomic E-state index is 11.2. The van der Waals surface area contributed by atoms with Gasteiger partial charge in [0.15, 0.2) is 9.84 Å². The zero-order chi connectivity index (χ0) is 9.19. The Labute approximate surface area is 72.6 Å². The van der Waals surface area contributed by atoms with Gasteiger partial charge in [0, 0.05) is 11.8 Å². The quantitative estimate of drug-likeness (QED) is 0.604. The minimum absolute atomic E-state index is 0.206. The van der Waals surface area contributed by atoms with Crippen LogP contribution in [-0.4, -0.2) is 19.4 Å². The van der Waals surface area contributed by atoms with Crippen LogP contribution in [0.5, 0.6) is 0 Å². The molecular formula is C8H11NO2S. The molecule has 1 fully saturated rings. The van der Waals surface area contributed by atoms with Gasteiger partial charge in [0.25, 0.3) is 0 Å². The standard InChI is InChI=1S/C8H11NO2S/c1-2-12(10,11)8-5-7(6-8)3-4-9/h3,8H,2,5-6H2,1H3. The van der Waals surface area contributed by atoms with E-state index >= 15 is 0 Å². The van der Waals surface area contributed by atoms with Crippen molar-refractivity contribution in [2.75, 3.05) is 5.75 Å². The molecule has 1 aliphatic rings. The minimum atomic E-state index is -2.86. The van der Waals surface area contributed by atoms with Gasteiger partial charge >= 0.3 is 0 Å². The van der Waals surface area contributed by atoms with Crippen molar-refractivity contribution in [3.63, 3.8) is 0 Å².